The lowest BCUT2D eigenvalue weighted by atomic mass is 10.1. The number of hydrogen-bond donors (Lipinski definition) is 1. The average molecular weight is 440 g/mol. The number of nitrogens with zero attached hydrogens (tertiary/aromatic N) is 5. The zero-order chi connectivity index (χ0) is 22.7. The van der Waals surface area contributed by atoms with Crippen molar-refractivity contribution >= 4 is 11.6 Å². The van der Waals surface area contributed by atoms with E-state index in [0.29, 0.717) is 22.8 Å². The third-order valence-electron chi connectivity index (χ3n) is 4.47. The molecule has 2 aromatic carbocycles. The maximum Gasteiger partial charge on any atom is 0.416 e. The number of anilines is 1. The zero-order valence-corrected chi connectivity index (χ0v) is 16.5. The molecule has 0 bridgehead atoms. The van der Waals surface area contributed by atoms with Crippen LogP contribution in [0.25, 0.3) is 17.1 Å². The van der Waals surface area contributed by atoms with Crippen LogP contribution in [0.3, 0.4) is 0 Å². The number of benzene rings is 2. The molecule has 0 aliphatic heterocycles. The Hall–Kier alpha value is -4.28. The molecule has 32 heavy (non-hydrogen) atoms. The summed E-state index contributed by atoms with van der Waals surface area (Å²) < 4.78 is 43.2. The smallest absolute Gasteiger partial charge is 0.416 e. The summed E-state index contributed by atoms with van der Waals surface area (Å²) >= 11 is 0. The summed E-state index contributed by atoms with van der Waals surface area (Å²) in [6.07, 6.45) is -2.96. The van der Waals surface area contributed by atoms with Gasteiger partial charge in [-0.1, -0.05) is 12.1 Å². The highest BCUT2D eigenvalue weighted by Crippen LogP contribution is 2.30. The predicted molar refractivity (Wildman–Crippen MR) is 108 cm³/mol. The van der Waals surface area contributed by atoms with Crippen LogP contribution in [0.2, 0.25) is 0 Å². The molecule has 4 rings (SSSR count). The molecule has 0 unspecified atom stereocenters. The summed E-state index contributed by atoms with van der Waals surface area (Å²) in [7, 11) is 1.50. The van der Waals surface area contributed by atoms with Crippen LogP contribution >= 0.6 is 0 Å². The minimum atomic E-state index is -4.47. The van der Waals surface area contributed by atoms with Crippen LogP contribution in [0.5, 0.6) is 5.88 Å². The van der Waals surface area contributed by atoms with Gasteiger partial charge < -0.3 is 10.1 Å². The lowest BCUT2D eigenvalue weighted by Gasteiger charge is -2.10. The van der Waals surface area contributed by atoms with E-state index < -0.39 is 17.6 Å². The number of methoxy groups -OCH3 is 1. The van der Waals surface area contributed by atoms with Gasteiger partial charge in [0.15, 0.2) is 0 Å². The minimum absolute atomic E-state index is 0.0775. The first-order valence-corrected chi connectivity index (χ1v) is 9.23. The van der Waals surface area contributed by atoms with Crippen molar-refractivity contribution in [1.82, 2.24) is 25.2 Å². The molecule has 0 fully saturated rings. The van der Waals surface area contributed by atoms with E-state index in [-0.39, 0.29) is 11.4 Å². The summed E-state index contributed by atoms with van der Waals surface area (Å²) in [6.45, 7) is 0. The molecule has 8 nitrogen and oxygen atoms in total. The van der Waals surface area contributed by atoms with Crippen molar-refractivity contribution in [3.05, 3.63) is 78.0 Å². The first kappa shape index (κ1) is 21.0. The van der Waals surface area contributed by atoms with Gasteiger partial charge in [0, 0.05) is 17.2 Å². The Morgan fingerprint density at radius 2 is 1.78 bits per heavy atom. The van der Waals surface area contributed by atoms with Gasteiger partial charge in [-0.25, -0.2) is 4.98 Å². The molecule has 4 aromatic rings. The summed E-state index contributed by atoms with van der Waals surface area (Å²) in [4.78, 5) is 17.9. The van der Waals surface area contributed by atoms with Crippen LogP contribution < -0.4 is 10.1 Å². The van der Waals surface area contributed by atoms with E-state index in [0.717, 1.165) is 24.3 Å². The summed E-state index contributed by atoms with van der Waals surface area (Å²) in [5.74, 6) is 0.104. The van der Waals surface area contributed by atoms with Gasteiger partial charge in [0.05, 0.1) is 24.6 Å². The minimum Gasteiger partial charge on any atom is -0.481 e. The molecule has 2 aromatic heterocycles. The summed E-state index contributed by atoms with van der Waals surface area (Å²) in [6, 6.07) is 14.1. The lowest BCUT2D eigenvalue weighted by molar-refractivity contribution is -0.137. The molecule has 162 valence electrons. The van der Waals surface area contributed by atoms with E-state index in [4.69, 9.17) is 4.74 Å². The quantitative estimate of drug-likeness (QED) is 0.504. The van der Waals surface area contributed by atoms with Crippen molar-refractivity contribution in [2.45, 2.75) is 6.18 Å². The van der Waals surface area contributed by atoms with E-state index in [1.807, 2.05) is 0 Å². The fourth-order valence-corrected chi connectivity index (χ4v) is 2.84. The van der Waals surface area contributed by atoms with Gasteiger partial charge in [-0.2, -0.15) is 13.2 Å². The molecule has 0 radical (unpaired) electrons. The van der Waals surface area contributed by atoms with Crippen molar-refractivity contribution in [3.8, 4) is 23.0 Å². The Bertz CT molecular complexity index is 1240. The Labute approximate surface area is 179 Å². The highest BCUT2D eigenvalue weighted by atomic mass is 19.4. The standard InChI is InChI=1S/C21H15F3N6O2/c1-32-18-11-10-15(12-25-18)30-28-19(27-29-30)16-4-2-3-5-17(16)26-20(31)13-6-8-14(9-7-13)21(22,23)24/h2-12H,1H3,(H,26,31). The van der Waals surface area contributed by atoms with E-state index in [1.165, 1.54) is 18.1 Å². The van der Waals surface area contributed by atoms with Gasteiger partial charge in [-0.15, -0.1) is 15.0 Å². The van der Waals surface area contributed by atoms with E-state index in [2.05, 4.69) is 25.7 Å². The monoisotopic (exact) mass is 440 g/mol. The topological polar surface area (TPSA) is 94.8 Å². The molecule has 0 aliphatic rings. The SMILES string of the molecule is COc1ccc(-n2nnc(-c3ccccc3NC(=O)c3ccc(C(F)(F)F)cc3)n2)cn1. The van der Waals surface area contributed by atoms with E-state index in [1.54, 1.807) is 36.4 Å². The average Bonchev–Trinajstić information content (AvgIpc) is 3.29. The number of alkyl halides is 3. The fraction of sp³-hybridized carbons (Fsp3) is 0.0952. The zero-order valence-electron chi connectivity index (χ0n) is 16.5. The molecule has 2 heterocycles. The molecule has 0 saturated heterocycles. The first-order chi connectivity index (χ1) is 15.3. The number of pyridine rings is 1. The summed E-state index contributed by atoms with van der Waals surface area (Å²) in [5, 5.41) is 15.0. The van der Waals surface area contributed by atoms with Crippen LogP contribution in [0.15, 0.2) is 66.9 Å². The van der Waals surface area contributed by atoms with Crippen LogP contribution in [0.1, 0.15) is 15.9 Å². The Balaban J connectivity index is 1.57. The number of ether oxygens (including phenoxy) is 1. The van der Waals surface area contributed by atoms with Gasteiger partial charge in [-0.3, -0.25) is 4.79 Å². The Morgan fingerprint density at radius 3 is 2.44 bits per heavy atom. The Morgan fingerprint density at radius 1 is 1.03 bits per heavy atom. The number of tetrazole rings is 1. The third kappa shape index (κ3) is 4.41. The van der Waals surface area contributed by atoms with Crippen molar-refractivity contribution < 1.29 is 22.7 Å². The second-order valence-corrected chi connectivity index (χ2v) is 6.54. The second kappa shape index (κ2) is 8.46. The van der Waals surface area contributed by atoms with Gasteiger partial charge in [-0.05, 0) is 47.7 Å². The highest BCUT2D eigenvalue weighted by Gasteiger charge is 2.30. The molecule has 1 amide bonds. The van der Waals surface area contributed by atoms with Crippen LogP contribution in [0.4, 0.5) is 18.9 Å². The number of para-hydroxylation sites is 1. The number of aromatic nitrogens is 5. The molecule has 1 N–H and O–H groups in total. The van der Waals surface area contributed by atoms with Crippen molar-refractivity contribution in [2.75, 3.05) is 12.4 Å². The maximum atomic E-state index is 12.7. The van der Waals surface area contributed by atoms with Crippen molar-refractivity contribution in [3.63, 3.8) is 0 Å². The molecular formula is C21H15F3N6O2. The second-order valence-electron chi connectivity index (χ2n) is 6.54. The maximum absolute atomic E-state index is 12.7. The van der Waals surface area contributed by atoms with Crippen molar-refractivity contribution in [2.24, 2.45) is 0 Å². The number of hydrogen-bond acceptors (Lipinski definition) is 6. The highest BCUT2D eigenvalue weighted by molar-refractivity contribution is 6.06. The molecule has 0 atom stereocenters. The number of carbonyl (C=O) groups is 1. The fourth-order valence-electron chi connectivity index (χ4n) is 2.84. The number of nitrogens with one attached hydrogen (secondary N) is 1. The van der Waals surface area contributed by atoms with Gasteiger partial charge in [0.2, 0.25) is 11.7 Å². The normalized spacial score (nSPS) is 11.2. The Kier molecular flexibility index (Phi) is 5.54. The molecule has 0 spiro atoms. The first-order valence-electron chi connectivity index (χ1n) is 9.23. The van der Waals surface area contributed by atoms with Crippen molar-refractivity contribution in [1.29, 1.82) is 0 Å². The van der Waals surface area contributed by atoms with E-state index in [9.17, 15) is 18.0 Å². The molecule has 0 saturated carbocycles. The van der Waals surface area contributed by atoms with Crippen LogP contribution in [0, 0.1) is 0 Å². The number of carbonyl (C=O) groups excluding carboxylic acids is 1. The summed E-state index contributed by atoms with van der Waals surface area (Å²) in [5.41, 5.74) is 0.665. The number of rotatable bonds is 5. The van der Waals surface area contributed by atoms with Gasteiger partial charge in [0.25, 0.3) is 5.91 Å². The van der Waals surface area contributed by atoms with E-state index >= 15 is 0 Å². The van der Waals surface area contributed by atoms with Gasteiger partial charge >= 0.3 is 6.18 Å². The number of amides is 1. The third-order valence-corrected chi connectivity index (χ3v) is 4.47. The van der Waals surface area contributed by atoms with Crippen LogP contribution in [-0.2, 0) is 6.18 Å². The number of halogens is 3. The molecule has 11 heteroatoms. The molecular weight excluding hydrogens is 425 g/mol. The molecule has 0 aliphatic carbocycles. The van der Waals surface area contributed by atoms with Crippen LogP contribution in [-0.4, -0.2) is 38.2 Å². The lowest BCUT2D eigenvalue weighted by Crippen LogP contribution is -2.13. The predicted octanol–water partition coefficient (Wildman–Crippen LogP) is 4.00. The van der Waals surface area contributed by atoms with Gasteiger partial charge in [0.1, 0.15) is 5.69 Å². The largest absolute Gasteiger partial charge is 0.481 e.